The first-order valence-corrected chi connectivity index (χ1v) is 14.4. The molecule has 0 aliphatic carbocycles. The number of ether oxygens (including phenoxy) is 1. The van der Waals surface area contributed by atoms with E-state index in [0.717, 1.165) is 24.2 Å². The second kappa shape index (κ2) is 14.6. The van der Waals surface area contributed by atoms with E-state index in [1.807, 2.05) is 53.7 Å². The second-order valence-electron chi connectivity index (χ2n) is 10.5. The summed E-state index contributed by atoms with van der Waals surface area (Å²) in [5, 5.41) is 3.77. The Kier molecular flexibility index (Phi) is 12.1. The average Bonchev–Trinajstić information content (AvgIpc) is 3.20. The zero-order chi connectivity index (χ0) is 30.1. The van der Waals surface area contributed by atoms with Crippen molar-refractivity contribution >= 4 is 53.8 Å². The highest BCUT2D eigenvalue weighted by molar-refractivity contribution is 7.81. The topological polar surface area (TPSA) is 67.9 Å². The van der Waals surface area contributed by atoms with Gasteiger partial charge in [-0.1, -0.05) is 68.7 Å². The van der Waals surface area contributed by atoms with Gasteiger partial charge in [-0.2, -0.15) is 12.6 Å². The van der Waals surface area contributed by atoms with E-state index in [1.165, 1.54) is 21.3 Å². The fourth-order valence-electron chi connectivity index (χ4n) is 3.58. The zero-order valence-corrected chi connectivity index (χ0v) is 26.3. The largest absolute Gasteiger partial charge is 0.493 e. The van der Waals surface area contributed by atoms with Gasteiger partial charge < -0.3 is 9.39 Å². The van der Waals surface area contributed by atoms with Gasteiger partial charge in [-0.15, -0.1) is 0 Å². The molecule has 0 aromatic heterocycles. The number of carbonyl (C=O) groups is 2. The van der Waals surface area contributed by atoms with Gasteiger partial charge in [0.15, 0.2) is 0 Å². The molecule has 4 rings (SSSR count). The Morgan fingerprint density at radius 2 is 1.55 bits per heavy atom. The second-order valence-corrected chi connectivity index (χ2v) is 11.7. The third-order valence-corrected chi connectivity index (χ3v) is 7.42. The number of carbonyl (C=O) groups excluding carboxylic acids is 2. The lowest BCUT2D eigenvalue weighted by molar-refractivity contribution is -0.126. The minimum Gasteiger partial charge on any atom is -0.493 e. The van der Waals surface area contributed by atoms with Crippen molar-refractivity contribution in [3.8, 4) is 5.75 Å². The maximum absolute atomic E-state index is 12.0. The Morgan fingerprint density at radius 1 is 0.950 bits per heavy atom. The summed E-state index contributed by atoms with van der Waals surface area (Å²) in [6.45, 7) is 18.6. The van der Waals surface area contributed by atoms with Crippen LogP contribution in [0.1, 0.15) is 67.4 Å². The minimum absolute atomic E-state index is 0.249. The maximum atomic E-state index is 12.0. The Balaban J connectivity index is 0.000000284. The molecule has 0 saturated carbocycles. The van der Waals surface area contributed by atoms with E-state index in [9.17, 15) is 9.59 Å². The van der Waals surface area contributed by atoms with Crippen molar-refractivity contribution in [2.75, 3.05) is 11.6 Å². The standard InChI is InChI=1S/C16H22BN2O3S.C14H16O.C2H6/c1-10-13(20)18-19(14(10)21)12-8-6-11(7-9-12)17-22-15(2,3)16(4,5)23;1-3-10-15-14-9-8-11(2)12-6-4-5-7-13(12)14;1-2/h6-10,23H,1-5H3,(H,18,20);4-9H,3,10H2,1-2H3;1-2H3. The number of benzene rings is 3. The summed E-state index contributed by atoms with van der Waals surface area (Å²) in [5.41, 5.74) is 4.91. The molecular formula is C32H44BN2O4S. The summed E-state index contributed by atoms with van der Waals surface area (Å²) in [7, 11) is 1.68. The van der Waals surface area contributed by atoms with E-state index in [1.54, 1.807) is 26.5 Å². The molecule has 1 atom stereocenters. The van der Waals surface area contributed by atoms with Gasteiger partial charge >= 0.3 is 7.48 Å². The Bertz CT molecular complexity index is 1270. The third-order valence-electron chi connectivity index (χ3n) is 6.88. The average molecular weight is 564 g/mol. The van der Waals surface area contributed by atoms with Crippen molar-refractivity contribution in [1.29, 1.82) is 0 Å². The molecule has 0 spiro atoms. The van der Waals surface area contributed by atoms with Gasteiger partial charge in [0.2, 0.25) is 0 Å². The Labute approximate surface area is 246 Å². The molecule has 1 heterocycles. The van der Waals surface area contributed by atoms with Crippen LogP contribution in [0.15, 0.2) is 60.7 Å². The SMILES string of the molecule is CC.CC1C(=O)NN(c2ccc([B]OC(C)(C)C(C)(C)S)cc2)C1=O.CCCOc1ccc(C)c2ccccc12. The normalized spacial score (nSPS) is 15.1. The van der Waals surface area contributed by atoms with E-state index in [-0.39, 0.29) is 16.6 Å². The fraction of sp³-hybridized carbons (Fsp3) is 0.438. The van der Waals surface area contributed by atoms with Crippen LogP contribution in [0.3, 0.4) is 0 Å². The summed E-state index contributed by atoms with van der Waals surface area (Å²) < 4.78 is 11.3. The molecule has 1 saturated heterocycles. The monoisotopic (exact) mass is 563 g/mol. The molecule has 1 radical (unpaired) electrons. The van der Waals surface area contributed by atoms with Crippen LogP contribution in [0.4, 0.5) is 5.69 Å². The fourth-order valence-corrected chi connectivity index (χ4v) is 3.63. The van der Waals surface area contributed by atoms with Gasteiger partial charge in [0.25, 0.3) is 11.8 Å². The van der Waals surface area contributed by atoms with Crippen molar-refractivity contribution in [1.82, 2.24) is 5.43 Å². The summed E-state index contributed by atoms with van der Waals surface area (Å²) in [4.78, 5) is 23.5. The number of nitrogens with one attached hydrogen (secondary N) is 1. The Hall–Kier alpha value is -2.97. The van der Waals surface area contributed by atoms with Crippen LogP contribution in [-0.2, 0) is 14.2 Å². The minimum atomic E-state index is -0.650. The molecule has 1 aliphatic heterocycles. The van der Waals surface area contributed by atoms with Gasteiger partial charge in [-0.25, -0.2) is 5.01 Å². The summed E-state index contributed by atoms with van der Waals surface area (Å²) in [6.07, 6.45) is 1.04. The van der Waals surface area contributed by atoms with Crippen molar-refractivity contribution in [3.63, 3.8) is 0 Å². The van der Waals surface area contributed by atoms with Crippen LogP contribution >= 0.6 is 12.6 Å². The highest BCUT2D eigenvalue weighted by atomic mass is 32.1. The van der Waals surface area contributed by atoms with Gasteiger partial charge in [-0.3, -0.25) is 15.0 Å². The first kappa shape index (κ1) is 33.2. The van der Waals surface area contributed by atoms with Gasteiger partial charge in [-0.05, 0) is 77.1 Å². The number of fused-ring (bicyclic) bond motifs is 1. The first-order chi connectivity index (χ1) is 18.9. The highest BCUT2D eigenvalue weighted by Crippen LogP contribution is 2.30. The molecule has 1 N–H and O–H groups in total. The molecule has 40 heavy (non-hydrogen) atoms. The zero-order valence-electron chi connectivity index (χ0n) is 25.4. The van der Waals surface area contributed by atoms with E-state index >= 15 is 0 Å². The molecule has 1 fully saturated rings. The summed E-state index contributed by atoms with van der Waals surface area (Å²) in [5.74, 6) is -0.186. The number of hydrogen-bond donors (Lipinski definition) is 2. The molecule has 6 nitrogen and oxygen atoms in total. The maximum Gasteiger partial charge on any atom is 0.330 e. The van der Waals surface area contributed by atoms with E-state index in [0.29, 0.717) is 5.69 Å². The molecule has 8 heteroatoms. The predicted octanol–water partition coefficient (Wildman–Crippen LogP) is 6.41. The summed E-state index contributed by atoms with van der Waals surface area (Å²) >= 11 is 4.55. The third kappa shape index (κ3) is 8.27. The Morgan fingerprint density at radius 3 is 2.08 bits per heavy atom. The van der Waals surface area contributed by atoms with Gasteiger partial charge in [0.05, 0.1) is 17.9 Å². The van der Waals surface area contributed by atoms with Crippen molar-refractivity contribution in [2.24, 2.45) is 5.92 Å². The first-order valence-electron chi connectivity index (χ1n) is 13.9. The lowest BCUT2D eigenvalue weighted by Gasteiger charge is -2.38. The molecule has 215 valence electrons. The van der Waals surface area contributed by atoms with E-state index in [2.05, 4.69) is 68.3 Å². The number of nitrogens with zero attached hydrogens (tertiary/aromatic N) is 1. The van der Waals surface area contributed by atoms with E-state index in [4.69, 9.17) is 9.39 Å². The molecule has 1 aliphatic rings. The van der Waals surface area contributed by atoms with Crippen LogP contribution in [0.5, 0.6) is 5.75 Å². The van der Waals surface area contributed by atoms with Crippen LogP contribution in [-0.4, -0.2) is 36.3 Å². The van der Waals surface area contributed by atoms with Crippen LogP contribution in [0, 0.1) is 12.8 Å². The predicted molar refractivity (Wildman–Crippen MR) is 171 cm³/mol. The lowest BCUT2D eigenvalue weighted by Crippen LogP contribution is -2.45. The van der Waals surface area contributed by atoms with E-state index < -0.39 is 11.5 Å². The molecular weight excluding hydrogens is 519 g/mol. The smallest absolute Gasteiger partial charge is 0.330 e. The van der Waals surface area contributed by atoms with Crippen LogP contribution < -0.4 is 20.6 Å². The number of anilines is 1. The number of hydrazine groups is 1. The molecule has 3 aromatic carbocycles. The number of rotatable bonds is 8. The number of amides is 2. The molecule has 1 unspecified atom stereocenters. The summed E-state index contributed by atoms with van der Waals surface area (Å²) in [6, 6.07) is 19.8. The van der Waals surface area contributed by atoms with Crippen molar-refractivity contribution < 1.29 is 19.0 Å². The van der Waals surface area contributed by atoms with Gasteiger partial charge in [0, 0.05) is 10.1 Å². The quantitative estimate of drug-likeness (QED) is 0.189. The van der Waals surface area contributed by atoms with Crippen LogP contribution in [0.2, 0.25) is 0 Å². The molecule has 3 aromatic rings. The number of hydrogen-bond acceptors (Lipinski definition) is 5. The number of aryl methyl sites for hydroxylation is 1. The van der Waals surface area contributed by atoms with Gasteiger partial charge in [0.1, 0.15) is 11.7 Å². The van der Waals surface area contributed by atoms with Crippen molar-refractivity contribution in [3.05, 3.63) is 66.2 Å². The number of thiol groups is 1. The lowest BCUT2D eigenvalue weighted by atomic mass is 9.84. The highest BCUT2D eigenvalue weighted by Gasteiger charge is 2.37. The molecule has 2 amide bonds. The van der Waals surface area contributed by atoms with Crippen LogP contribution in [0.25, 0.3) is 10.8 Å². The molecule has 0 bridgehead atoms. The van der Waals surface area contributed by atoms with Crippen molar-refractivity contribution in [2.45, 2.75) is 79.1 Å².